The molecule has 0 bridgehead atoms. The van der Waals surface area contributed by atoms with E-state index in [0.717, 1.165) is 11.7 Å². The zero-order valence-electron chi connectivity index (χ0n) is 9.07. The van der Waals surface area contributed by atoms with E-state index in [2.05, 4.69) is 24.8 Å². The van der Waals surface area contributed by atoms with Gasteiger partial charge in [-0.3, -0.25) is 0 Å². The van der Waals surface area contributed by atoms with Gasteiger partial charge < -0.3 is 4.74 Å². The molecule has 1 fully saturated rings. The van der Waals surface area contributed by atoms with Crippen molar-refractivity contribution in [1.29, 1.82) is 0 Å². The summed E-state index contributed by atoms with van der Waals surface area (Å²) in [5, 5.41) is 0. The maximum Gasteiger partial charge on any atom is 0.118 e. The molecule has 1 aromatic carbocycles. The maximum atomic E-state index is 5.15. The van der Waals surface area contributed by atoms with Crippen molar-refractivity contribution in [3.63, 3.8) is 0 Å². The van der Waals surface area contributed by atoms with E-state index in [1.807, 2.05) is 18.2 Å². The van der Waals surface area contributed by atoms with E-state index >= 15 is 0 Å². The fourth-order valence-corrected chi connectivity index (χ4v) is 1.77. The van der Waals surface area contributed by atoms with Crippen LogP contribution in [-0.4, -0.2) is 7.11 Å². The van der Waals surface area contributed by atoms with Crippen molar-refractivity contribution < 1.29 is 4.74 Å². The lowest BCUT2D eigenvalue weighted by molar-refractivity contribution is 0.415. The molecular weight excluding hydrogens is 184 g/mol. The monoisotopic (exact) mass is 200 g/mol. The van der Waals surface area contributed by atoms with Crippen LogP contribution in [0.2, 0.25) is 0 Å². The van der Waals surface area contributed by atoms with Crippen LogP contribution in [0.25, 0.3) is 5.57 Å². The molecule has 0 unspecified atom stereocenters. The number of hydrogen-bond acceptors (Lipinski definition) is 1. The Morgan fingerprint density at radius 2 is 2.00 bits per heavy atom. The summed E-state index contributed by atoms with van der Waals surface area (Å²) < 4.78 is 5.15. The standard InChI is InChI=1S/C14H16O/c1-3-4-14(11-5-6-11)12-7-9-13(15-2)10-8-12/h3-4,7-11H,1,5-6H2,2H3/b14-4-. The van der Waals surface area contributed by atoms with Crippen LogP contribution in [0.1, 0.15) is 18.4 Å². The minimum atomic E-state index is 0.747. The number of benzene rings is 1. The lowest BCUT2D eigenvalue weighted by Crippen LogP contribution is -1.88. The fraction of sp³-hybridized carbons (Fsp3) is 0.286. The molecule has 1 aromatic rings. The minimum Gasteiger partial charge on any atom is -0.497 e. The first-order chi connectivity index (χ1) is 7.35. The van der Waals surface area contributed by atoms with E-state index in [9.17, 15) is 0 Å². The Labute approximate surface area is 91.1 Å². The Morgan fingerprint density at radius 1 is 1.33 bits per heavy atom. The van der Waals surface area contributed by atoms with Gasteiger partial charge in [-0.25, -0.2) is 0 Å². The van der Waals surface area contributed by atoms with E-state index < -0.39 is 0 Å². The molecule has 0 amide bonds. The van der Waals surface area contributed by atoms with Crippen molar-refractivity contribution in [3.05, 3.63) is 48.6 Å². The molecule has 0 heterocycles. The highest BCUT2D eigenvalue weighted by molar-refractivity contribution is 5.70. The summed E-state index contributed by atoms with van der Waals surface area (Å²) >= 11 is 0. The van der Waals surface area contributed by atoms with Crippen LogP contribution in [0.3, 0.4) is 0 Å². The van der Waals surface area contributed by atoms with Crippen LogP contribution < -0.4 is 4.74 Å². The van der Waals surface area contributed by atoms with Gasteiger partial charge in [0.05, 0.1) is 7.11 Å². The molecule has 2 rings (SSSR count). The normalized spacial score (nSPS) is 16.2. The molecule has 0 aromatic heterocycles. The molecule has 0 N–H and O–H groups in total. The number of rotatable bonds is 4. The highest BCUT2D eigenvalue weighted by Gasteiger charge is 2.26. The lowest BCUT2D eigenvalue weighted by Gasteiger charge is -2.06. The van der Waals surface area contributed by atoms with Gasteiger partial charge >= 0.3 is 0 Å². The third-order valence-electron chi connectivity index (χ3n) is 2.74. The second-order valence-corrected chi connectivity index (χ2v) is 3.86. The van der Waals surface area contributed by atoms with Gasteiger partial charge in [0.2, 0.25) is 0 Å². The van der Waals surface area contributed by atoms with Gasteiger partial charge in [-0.15, -0.1) is 0 Å². The summed E-state index contributed by atoms with van der Waals surface area (Å²) in [6, 6.07) is 8.25. The van der Waals surface area contributed by atoms with Gasteiger partial charge in [-0.1, -0.05) is 30.9 Å². The molecule has 1 heteroatoms. The van der Waals surface area contributed by atoms with Gasteiger partial charge in [-0.05, 0) is 42.0 Å². The molecule has 0 aliphatic heterocycles. The molecule has 1 nitrogen and oxygen atoms in total. The third-order valence-corrected chi connectivity index (χ3v) is 2.74. The lowest BCUT2D eigenvalue weighted by atomic mass is 10.0. The quantitative estimate of drug-likeness (QED) is 0.674. The molecule has 1 aliphatic carbocycles. The van der Waals surface area contributed by atoms with Crippen molar-refractivity contribution in [3.8, 4) is 5.75 Å². The van der Waals surface area contributed by atoms with Gasteiger partial charge in [0.1, 0.15) is 5.75 Å². The molecular formula is C14H16O. The highest BCUT2D eigenvalue weighted by Crippen LogP contribution is 2.42. The fourth-order valence-electron chi connectivity index (χ4n) is 1.77. The molecule has 1 saturated carbocycles. The summed E-state index contributed by atoms with van der Waals surface area (Å²) in [7, 11) is 1.69. The third kappa shape index (κ3) is 2.30. The number of hydrogen-bond donors (Lipinski definition) is 0. The van der Waals surface area contributed by atoms with Crippen LogP contribution in [0.4, 0.5) is 0 Å². The summed E-state index contributed by atoms with van der Waals surface area (Å²) in [6.07, 6.45) is 6.62. The Bertz CT molecular complexity index is 369. The Kier molecular flexibility index (Phi) is 2.91. The largest absolute Gasteiger partial charge is 0.497 e. The topological polar surface area (TPSA) is 9.23 Å². The van der Waals surface area contributed by atoms with Gasteiger partial charge in [0.25, 0.3) is 0 Å². The predicted molar refractivity (Wildman–Crippen MR) is 63.9 cm³/mol. The summed E-state index contributed by atoms with van der Waals surface area (Å²) in [5.41, 5.74) is 2.70. The summed E-state index contributed by atoms with van der Waals surface area (Å²) in [4.78, 5) is 0. The van der Waals surface area contributed by atoms with Crippen LogP contribution >= 0.6 is 0 Å². The maximum absolute atomic E-state index is 5.15. The smallest absolute Gasteiger partial charge is 0.118 e. The molecule has 0 saturated heterocycles. The molecule has 78 valence electrons. The molecule has 15 heavy (non-hydrogen) atoms. The summed E-state index contributed by atoms with van der Waals surface area (Å²) in [5.74, 6) is 1.66. The van der Waals surface area contributed by atoms with E-state index in [1.165, 1.54) is 24.0 Å². The van der Waals surface area contributed by atoms with E-state index in [-0.39, 0.29) is 0 Å². The average molecular weight is 200 g/mol. The Balaban J connectivity index is 2.25. The first kappa shape index (κ1) is 10.0. The van der Waals surface area contributed by atoms with Crippen LogP contribution in [0.5, 0.6) is 5.75 Å². The first-order valence-electron chi connectivity index (χ1n) is 5.32. The Morgan fingerprint density at radius 3 is 2.47 bits per heavy atom. The number of allylic oxidation sites excluding steroid dienone is 3. The van der Waals surface area contributed by atoms with Crippen LogP contribution in [0, 0.1) is 5.92 Å². The van der Waals surface area contributed by atoms with Gasteiger partial charge in [0, 0.05) is 0 Å². The minimum absolute atomic E-state index is 0.747. The highest BCUT2D eigenvalue weighted by atomic mass is 16.5. The SMILES string of the molecule is C=C/C=C(\c1ccc(OC)cc1)C1CC1. The second-order valence-electron chi connectivity index (χ2n) is 3.86. The van der Waals surface area contributed by atoms with Crippen molar-refractivity contribution in [1.82, 2.24) is 0 Å². The summed E-state index contributed by atoms with van der Waals surface area (Å²) in [6.45, 7) is 3.77. The van der Waals surface area contributed by atoms with E-state index in [4.69, 9.17) is 4.74 Å². The second kappa shape index (κ2) is 4.35. The van der Waals surface area contributed by atoms with E-state index in [1.54, 1.807) is 7.11 Å². The predicted octanol–water partition coefficient (Wildman–Crippen LogP) is 3.67. The zero-order valence-corrected chi connectivity index (χ0v) is 9.07. The van der Waals surface area contributed by atoms with Crippen LogP contribution in [-0.2, 0) is 0 Å². The molecule has 0 radical (unpaired) electrons. The number of methoxy groups -OCH3 is 1. The Hall–Kier alpha value is -1.50. The molecule has 1 aliphatic rings. The van der Waals surface area contributed by atoms with Crippen molar-refractivity contribution in [2.45, 2.75) is 12.8 Å². The van der Waals surface area contributed by atoms with Crippen molar-refractivity contribution >= 4 is 5.57 Å². The van der Waals surface area contributed by atoms with Crippen LogP contribution in [0.15, 0.2) is 43.0 Å². The van der Waals surface area contributed by atoms with Crippen molar-refractivity contribution in [2.75, 3.05) is 7.11 Å². The number of ether oxygens (including phenoxy) is 1. The first-order valence-corrected chi connectivity index (χ1v) is 5.32. The van der Waals surface area contributed by atoms with E-state index in [0.29, 0.717) is 0 Å². The molecule has 0 spiro atoms. The van der Waals surface area contributed by atoms with Gasteiger partial charge in [0.15, 0.2) is 0 Å². The average Bonchev–Trinajstić information content (AvgIpc) is 3.10. The zero-order chi connectivity index (χ0) is 10.7. The molecule has 0 atom stereocenters. The van der Waals surface area contributed by atoms with Crippen molar-refractivity contribution in [2.24, 2.45) is 5.92 Å². The van der Waals surface area contributed by atoms with Gasteiger partial charge in [-0.2, -0.15) is 0 Å².